The van der Waals surface area contributed by atoms with Gasteiger partial charge in [0.25, 0.3) is 0 Å². The van der Waals surface area contributed by atoms with Gasteiger partial charge < -0.3 is 5.11 Å². The van der Waals surface area contributed by atoms with Crippen LogP contribution in [-0.2, 0) is 0 Å². The van der Waals surface area contributed by atoms with Crippen molar-refractivity contribution in [3.8, 4) is 0 Å². The summed E-state index contributed by atoms with van der Waals surface area (Å²) < 4.78 is 0. The maximum absolute atomic E-state index is 8.86. The fraction of sp³-hybridized carbons (Fsp3) is 1.00. The number of aliphatic hydroxyl groups excluding tert-OH is 1. The highest BCUT2D eigenvalue weighted by Gasteiger charge is 2.34. The second-order valence-corrected chi connectivity index (χ2v) is 3.77. The highest BCUT2D eigenvalue weighted by atomic mass is 79.9. The molecule has 0 spiro atoms. The lowest BCUT2D eigenvalue weighted by Gasteiger charge is -1.98. The van der Waals surface area contributed by atoms with Crippen molar-refractivity contribution < 1.29 is 5.11 Å². The summed E-state index contributed by atoms with van der Waals surface area (Å²) in [7, 11) is 0. The lowest BCUT2D eigenvalue weighted by Crippen LogP contribution is -2.00. The molecular weight excluding hydrogens is 168 g/mol. The average molecular weight is 179 g/mol. The van der Waals surface area contributed by atoms with Gasteiger partial charge in [0.2, 0.25) is 0 Å². The fourth-order valence-corrected chi connectivity index (χ4v) is 1.59. The first-order chi connectivity index (χ1) is 3.70. The van der Waals surface area contributed by atoms with E-state index in [1.54, 1.807) is 0 Å². The van der Waals surface area contributed by atoms with E-state index in [1.807, 2.05) is 6.92 Å². The molecule has 8 heavy (non-hydrogen) atoms. The third-order valence-electron chi connectivity index (χ3n) is 1.48. The van der Waals surface area contributed by atoms with E-state index < -0.39 is 0 Å². The van der Waals surface area contributed by atoms with E-state index in [0.717, 1.165) is 12.3 Å². The van der Waals surface area contributed by atoms with Gasteiger partial charge in [-0.05, 0) is 25.7 Å². The maximum atomic E-state index is 8.86. The van der Waals surface area contributed by atoms with Crippen molar-refractivity contribution in [1.82, 2.24) is 0 Å². The second-order valence-electron chi connectivity index (χ2n) is 2.60. The van der Waals surface area contributed by atoms with Crippen molar-refractivity contribution >= 4 is 15.9 Å². The zero-order chi connectivity index (χ0) is 6.15. The van der Waals surface area contributed by atoms with Crippen molar-refractivity contribution in [2.45, 2.75) is 30.7 Å². The Morgan fingerprint density at radius 1 is 1.88 bits per heavy atom. The largest absolute Gasteiger partial charge is 0.393 e. The number of aliphatic hydroxyl groups is 1. The first-order valence-electron chi connectivity index (χ1n) is 3.02. The number of alkyl halides is 1. The zero-order valence-corrected chi connectivity index (χ0v) is 6.56. The van der Waals surface area contributed by atoms with Crippen molar-refractivity contribution in [2.24, 2.45) is 5.92 Å². The summed E-state index contributed by atoms with van der Waals surface area (Å²) in [5.74, 6) is 0.759. The predicted octanol–water partition coefficient (Wildman–Crippen LogP) is 1.54. The van der Waals surface area contributed by atoms with Crippen LogP contribution in [0.2, 0.25) is 0 Å². The van der Waals surface area contributed by atoms with Crippen molar-refractivity contribution in [3.05, 3.63) is 0 Å². The van der Waals surface area contributed by atoms with E-state index >= 15 is 0 Å². The minimum absolute atomic E-state index is 0.109. The van der Waals surface area contributed by atoms with Crippen molar-refractivity contribution in [3.63, 3.8) is 0 Å². The Morgan fingerprint density at radius 2 is 2.38 bits per heavy atom. The van der Waals surface area contributed by atoms with Crippen LogP contribution in [0.5, 0.6) is 0 Å². The molecule has 1 saturated carbocycles. The zero-order valence-electron chi connectivity index (χ0n) is 4.97. The molecule has 0 heterocycles. The molecule has 0 aromatic rings. The lowest BCUT2D eigenvalue weighted by atomic mass is 10.2. The van der Waals surface area contributed by atoms with Crippen LogP contribution in [0.1, 0.15) is 19.8 Å². The Kier molecular flexibility index (Phi) is 1.93. The van der Waals surface area contributed by atoms with Crippen LogP contribution in [0, 0.1) is 5.92 Å². The Morgan fingerprint density at radius 3 is 2.50 bits per heavy atom. The molecule has 1 N–H and O–H groups in total. The van der Waals surface area contributed by atoms with Gasteiger partial charge in [-0.1, -0.05) is 15.9 Å². The van der Waals surface area contributed by atoms with Crippen molar-refractivity contribution in [2.75, 3.05) is 0 Å². The Bertz CT molecular complexity index is 82.6. The van der Waals surface area contributed by atoms with Gasteiger partial charge in [-0.2, -0.15) is 0 Å². The van der Waals surface area contributed by atoms with E-state index in [4.69, 9.17) is 5.11 Å². The van der Waals surface area contributed by atoms with Gasteiger partial charge >= 0.3 is 0 Å². The molecule has 3 unspecified atom stereocenters. The summed E-state index contributed by atoms with van der Waals surface area (Å²) in [4.78, 5) is 0.706. The van der Waals surface area contributed by atoms with Crippen LogP contribution in [0.25, 0.3) is 0 Å². The van der Waals surface area contributed by atoms with Crippen LogP contribution in [0.4, 0.5) is 0 Å². The molecule has 0 bridgehead atoms. The van der Waals surface area contributed by atoms with E-state index in [-0.39, 0.29) is 6.10 Å². The van der Waals surface area contributed by atoms with E-state index in [2.05, 4.69) is 15.9 Å². The van der Waals surface area contributed by atoms with Gasteiger partial charge in [0, 0.05) is 4.83 Å². The van der Waals surface area contributed by atoms with Crippen LogP contribution >= 0.6 is 15.9 Å². The molecular formula is C6H11BrO. The van der Waals surface area contributed by atoms with Crippen LogP contribution in [0.3, 0.4) is 0 Å². The highest BCUT2D eigenvalue weighted by molar-refractivity contribution is 9.09. The van der Waals surface area contributed by atoms with Crippen molar-refractivity contribution in [1.29, 1.82) is 0 Å². The Labute approximate surface area is 58.2 Å². The normalized spacial score (nSPS) is 39.4. The summed E-state index contributed by atoms with van der Waals surface area (Å²) in [5.41, 5.74) is 0. The van der Waals surface area contributed by atoms with Crippen LogP contribution in [0.15, 0.2) is 0 Å². The number of hydrogen-bond acceptors (Lipinski definition) is 1. The molecule has 1 nitrogen and oxygen atoms in total. The molecule has 0 aromatic carbocycles. The summed E-state index contributed by atoms with van der Waals surface area (Å²) >= 11 is 3.47. The van der Waals surface area contributed by atoms with Gasteiger partial charge in [0.15, 0.2) is 0 Å². The van der Waals surface area contributed by atoms with Crippen LogP contribution < -0.4 is 0 Å². The minimum atomic E-state index is -0.109. The molecule has 1 aliphatic rings. The standard InChI is InChI=1S/C6H11BrO/c1-4(8)2-5-3-6(5)7/h4-6,8H,2-3H2,1H3. The third kappa shape index (κ3) is 1.75. The van der Waals surface area contributed by atoms with Crippen LogP contribution in [-0.4, -0.2) is 16.0 Å². The molecule has 2 heteroatoms. The molecule has 1 fully saturated rings. The van der Waals surface area contributed by atoms with Gasteiger partial charge in [-0.3, -0.25) is 0 Å². The quantitative estimate of drug-likeness (QED) is 0.637. The number of rotatable bonds is 2. The fourth-order valence-electron chi connectivity index (χ4n) is 0.893. The summed E-state index contributed by atoms with van der Waals surface area (Å²) in [6, 6.07) is 0. The molecule has 0 saturated heterocycles. The average Bonchev–Trinajstić information content (AvgIpc) is 2.17. The molecule has 1 aliphatic carbocycles. The summed E-state index contributed by atoms with van der Waals surface area (Å²) in [5, 5.41) is 8.86. The minimum Gasteiger partial charge on any atom is -0.393 e. The predicted molar refractivity (Wildman–Crippen MR) is 37.1 cm³/mol. The molecule has 0 aliphatic heterocycles. The van der Waals surface area contributed by atoms with Gasteiger partial charge in [0.05, 0.1) is 6.10 Å². The molecule has 48 valence electrons. The SMILES string of the molecule is CC(O)CC1CC1Br. The smallest absolute Gasteiger partial charge is 0.0515 e. The third-order valence-corrected chi connectivity index (χ3v) is 2.60. The summed E-state index contributed by atoms with van der Waals surface area (Å²) in [6.07, 6.45) is 2.11. The topological polar surface area (TPSA) is 20.2 Å². The number of hydrogen-bond donors (Lipinski definition) is 1. The van der Waals surface area contributed by atoms with E-state index in [9.17, 15) is 0 Å². The molecule has 0 radical (unpaired) electrons. The summed E-state index contributed by atoms with van der Waals surface area (Å²) in [6.45, 7) is 1.85. The molecule has 0 amide bonds. The highest BCUT2D eigenvalue weighted by Crippen LogP contribution is 2.40. The van der Waals surface area contributed by atoms with Gasteiger partial charge in [-0.15, -0.1) is 0 Å². The number of halogens is 1. The first kappa shape index (κ1) is 6.56. The maximum Gasteiger partial charge on any atom is 0.0515 e. The monoisotopic (exact) mass is 178 g/mol. The van der Waals surface area contributed by atoms with E-state index in [1.165, 1.54) is 6.42 Å². The molecule has 1 rings (SSSR count). The van der Waals surface area contributed by atoms with E-state index in [0.29, 0.717) is 4.83 Å². The first-order valence-corrected chi connectivity index (χ1v) is 3.94. The molecule has 3 atom stereocenters. The van der Waals surface area contributed by atoms with Gasteiger partial charge in [-0.25, -0.2) is 0 Å². The molecule has 0 aromatic heterocycles. The van der Waals surface area contributed by atoms with Gasteiger partial charge in [0.1, 0.15) is 0 Å². The Balaban J connectivity index is 2.05. The Hall–Kier alpha value is 0.440. The lowest BCUT2D eigenvalue weighted by molar-refractivity contribution is 0.177. The second kappa shape index (κ2) is 2.36.